The molecule has 0 bridgehead atoms. The summed E-state index contributed by atoms with van der Waals surface area (Å²) < 4.78 is 5.63. The fourth-order valence-corrected chi connectivity index (χ4v) is 10.0. The SMILES string of the molecule is C[C@H](NCC(=O)N(CCC(=O)N(CC(=O)N(CCC(=O)N(CC(=O)N(CCC(=O)OC(C)(C)C)[C@@H](C)c1ccccc1)[C@@H](C)c1ccccc1)[C@@H](C)c1ccccc1)[C@@H](C)c1ccccc1)[C@@H](C)c1ccccc1)c1ccccc1. The summed E-state index contributed by atoms with van der Waals surface area (Å²) in [6.45, 7) is 16.5. The molecule has 0 fully saturated rings. The molecule has 0 aliphatic carbocycles. The summed E-state index contributed by atoms with van der Waals surface area (Å²) in [5, 5.41) is 3.38. The number of nitrogens with zero attached hydrogens (tertiary/aromatic N) is 5. The summed E-state index contributed by atoms with van der Waals surface area (Å²) in [5.74, 6) is -2.01. The van der Waals surface area contributed by atoms with Crippen molar-refractivity contribution < 1.29 is 33.5 Å². The van der Waals surface area contributed by atoms with E-state index in [0.29, 0.717) is 0 Å². The van der Waals surface area contributed by atoms with Crippen LogP contribution < -0.4 is 5.32 Å². The van der Waals surface area contributed by atoms with Crippen molar-refractivity contribution in [3.05, 3.63) is 215 Å². The standard InChI is InChI=1S/C67H82N6O7/c1-49(55-28-16-10-17-29-55)68-46-63(76)69(50(2)56-30-18-11-19-31-56)43-40-61(74)72(53(5)59-36-24-14-25-37-59)47-64(77)70(51(3)57-32-20-12-21-33-57)44-41-62(75)73(54(6)60-38-26-15-27-39-60)48-65(78)71(45-42-66(79)80-67(7,8)9)52(4)58-34-22-13-23-35-58/h10-39,49-54,68H,40-48H2,1-9H3/t49-,50-,51-,52-,53-,54-/m0/s1. The number of hydrogen-bond donors (Lipinski definition) is 1. The van der Waals surface area contributed by atoms with E-state index >= 15 is 9.59 Å². The molecule has 0 radical (unpaired) electrons. The zero-order chi connectivity index (χ0) is 57.8. The molecule has 0 saturated heterocycles. The third kappa shape index (κ3) is 17.8. The van der Waals surface area contributed by atoms with E-state index in [0.717, 1.165) is 33.4 Å². The van der Waals surface area contributed by atoms with Crippen molar-refractivity contribution in [3.8, 4) is 0 Å². The minimum atomic E-state index is -0.711. The molecule has 0 unspecified atom stereocenters. The van der Waals surface area contributed by atoms with Gasteiger partial charge < -0.3 is 34.6 Å². The normalized spacial score (nSPS) is 13.6. The summed E-state index contributed by atoms with van der Waals surface area (Å²) in [5.41, 5.74) is 4.61. The molecule has 0 spiro atoms. The van der Waals surface area contributed by atoms with Crippen LogP contribution in [0.4, 0.5) is 0 Å². The third-order valence-corrected chi connectivity index (χ3v) is 14.9. The van der Waals surface area contributed by atoms with E-state index in [1.165, 1.54) is 0 Å². The first-order valence-corrected chi connectivity index (χ1v) is 28.0. The zero-order valence-corrected chi connectivity index (χ0v) is 48.2. The van der Waals surface area contributed by atoms with Crippen molar-refractivity contribution >= 4 is 35.5 Å². The van der Waals surface area contributed by atoms with E-state index in [2.05, 4.69) is 5.32 Å². The Morgan fingerprint density at radius 3 is 0.925 bits per heavy atom. The predicted octanol–water partition coefficient (Wildman–Crippen LogP) is 11.8. The number of benzene rings is 6. The van der Waals surface area contributed by atoms with Crippen LogP contribution in [0.3, 0.4) is 0 Å². The summed E-state index contributed by atoms with van der Waals surface area (Å²) in [6, 6.07) is 55.2. The van der Waals surface area contributed by atoms with Gasteiger partial charge in [0.25, 0.3) is 0 Å². The lowest BCUT2D eigenvalue weighted by atomic mass is 10.0. The third-order valence-electron chi connectivity index (χ3n) is 14.9. The number of rotatable bonds is 27. The average Bonchev–Trinajstić information content (AvgIpc) is 3.47. The van der Waals surface area contributed by atoms with Gasteiger partial charge in [-0.1, -0.05) is 182 Å². The van der Waals surface area contributed by atoms with E-state index in [-0.39, 0.29) is 100 Å². The van der Waals surface area contributed by atoms with Crippen LogP contribution >= 0.6 is 0 Å². The molecule has 13 nitrogen and oxygen atoms in total. The van der Waals surface area contributed by atoms with Gasteiger partial charge >= 0.3 is 5.97 Å². The molecule has 6 rings (SSSR count). The van der Waals surface area contributed by atoms with Crippen molar-refractivity contribution in [2.75, 3.05) is 39.3 Å². The number of carbonyl (C=O) groups excluding carboxylic acids is 6. The van der Waals surface area contributed by atoms with Crippen LogP contribution in [0.15, 0.2) is 182 Å². The van der Waals surface area contributed by atoms with Crippen LogP contribution in [-0.4, -0.2) is 105 Å². The predicted molar refractivity (Wildman–Crippen MR) is 315 cm³/mol. The molecule has 13 heteroatoms. The molecular formula is C67H82N6O7. The topological polar surface area (TPSA) is 140 Å². The largest absolute Gasteiger partial charge is 0.460 e. The smallest absolute Gasteiger partial charge is 0.308 e. The lowest BCUT2D eigenvalue weighted by Gasteiger charge is -2.37. The highest BCUT2D eigenvalue weighted by Crippen LogP contribution is 2.29. The van der Waals surface area contributed by atoms with Crippen molar-refractivity contribution in [1.82, 2.24) is 29.8 Å². The first-order chi connectivity index (χ1) is 38.3. The minimum absolute atomic E-state index is 0.0320. The molecule has 5 amide bonds. The first kappa shape index (κ1) is 61.3. The fourth-order valence-electron chi connectivity index (χ4n) is 10.0. The zero-order valence-electron chi connectivity index (χ0n) is 48.2. The molecule has 0 aromatic heterocycles. The van der Waals surface area contributed by atoms with Gasteiger partial charge in [-0.05, 0) is 95.7 Å². The van der Waals surface area contributed by atoms with Crippen LogP contribution in [0.1, 0.15) is 151 Å². The fraction of sp³-hybridized carbons (Fsp3) is 0.373. The highest BCUT2D eigenvalue weighted by molar-refractivity contribution is 5.88. The Balaban J connectivity index is 1.28. The second-order valence-corrected chi connectivity index (χ2v) is 21.6. The van der Waals surface area contributed by atoms with Crippen molar-refractivity contribution in [2.24, 2.45) is 0 Å². The maximum absolute atomic E-state index is 15.3. The van der Waals surface area contributed by atoms with E-state index in [1.807, 2.05) is 224 Å². The van der Waals surface area contributed by atoms with Crippen LogP contribution in [-0.2, 0) is 33.5 Å². The van der Waals surface area contributed by atoms with E-state index in [9.17, 15) is 19.2 Å². The average molecular weight is 1080 g/mol. The molecule has 0 aliphatic rings. The minimum Gasteiger partial charge on any atom is -0.460 e. The summed E-state index contributed by atoms with van der Waals surface area (Å²) in [4.78, 5) is 95.6. The highest BCUT2D eigenvalue weighted by atomic mass is 16.6. The van der Waals surface area contributed by atoms with Gasteiger partial charge in [0, 0.05) is 38.5 Å². The lowest BCUT2D eigenvalue weighted by Crippen LogP contribution is -2.48. The Morgan fingerprint density at radius 2 is 0.625 bits per heavy atom. The number of amides is 5. The van der Waals surface area contributed by atoms with Crippen LogP contribution in [0, 0.1) is 0 Å². The molecule has 0 saturated carbocycles. The number of esters is 1. The maximum atomic E-state index is 15.3. The van der Waals surface area contributed by atoms with Crippen LogP contribution in [0.5, 0.6) is 0 Å². The second-order valence-electron chi connectivity index (χ2n) is 21.6. The van der Waals surface area contributed by atoms with Gasteiger partial charge in [-0.25, -0.2) is 0 Å². The van der Waals surface area contributed by atoms with Gasteiger partial charge in [0.15, 0.2) is 0 Å². The Kier molecular flexibility index (Phi) is 22.9. The maximum Gasteiger partial charge on any atom is 0.308 e. The van der Waals surface area contributed by atoms with Gasteiger partial charge in [0.1, 0.15) is 18.7 Å². The number of nitrogens with one attached hydrogen (secondary N) is 1. The molecule has 1 N–H and O–H groups in total. The van der Waals surface area contributed by atoms with E-state index in [1.54, 1.807) is 45.3 Å². The van der Waals surface area contributed by atoms with Crippen LogP contribution in [0.2, 0.25) is 0 Å². The van der Waals surface area contributed by atoms with Gasteiger partial charge in [-0.3, -0.25) is 28.8 Å². The molecule has 6 aromatic rings. The number of carbonyl (C=O) groups is 6. The van der Waals surface area contributed by atoms with E-state index in [4.69, 9.17) is 4.74 Å². The van der Waals surface area contributed by atoms with Gasteiger partial charge in [-0.2, -0.15) is 0 Å². The Bertz CT molecular complexity index is 2890. The summed E-state index contributed by atoms with van der Waals surface area (Å²) >= 11 is 0. The van der Waals surface area contributed by atoms with Crippen molar-refractivity contribution in [2.45, 2.75) is 123 Å². The van der Waals surface area contributed by atoms with Gasteiger partial charge in [0.2, 0.25) is 29.5 Å². The molecule has 422 valence electrons. The molecule has 80 heavy (non-hydrogen) atoms. The monoisotopic (exact) mass is 1080 g/mol. The first-order valence-electron chi connectivity index (χ1n) is 28.0. The Morgan fingerprint density at radius 1 is 0.362 bits per heavy atom. The Hall–Kier alpha value is -7.90. The quantitative estimate of drug-likeness (QED) is 0.0503. The second kappa shape index (κ2) is 29.9. The lowest BCUT2D eigenvalue weighted by molar-refractivity contribution is -0.156. The van der Waals surface area contributed by atoms with E-state index < -0.39 is 35.7 Å². The molecule has 6 atom stereocenters. The van der Waals surface area contributed by atoms with Gasteiger partial charge in [0.05, 0.1) is 43.2 Å². The highest BCUT2D eigenvalue weighted by Gasteiger charge is 2.34. The number of ether oxygens (including phenoxy) is 1. The molecule has 0 heterocycles. The van der Waals surface area contributed by atoms with Gasteiger partial charge in [-0.15, -0.1) is 0 Å². The molecule has 6 aromatic carbocycles. The molecular weight excluding hydrogens is 1000 g/mol. The summed E-state index contributed by atoms with van der Waals surface area (Å²) in [7, 11) is 0. The summed E-state index contributed by atoms with van der Waals surface area (Å²) in [6.07, 6.45) is -0.256. The molecule has 0 aliphatic heterocycles. The van der Waals surface area contributed by atoms with Crippen molar-refractivity contribution in [3.63, 3.8) is 0 Å². The van der Waals surface area contributed by atoms with Crippen molar-refractivity contribution in [1.29, 1.82) is 0 Å². The Labute approximate surface area is 474 Å². The number of hydrogen-bond acceptors (Lipinski definition) is 8. The van der Waals surface area contributed by atoms with Crippen LogP contribution in [0.25, 0.3) is 0 Å².